The molecule has 0 amide bonds. The highest BCUT2D eigenvalue weighted by molar-refractivity contribution is 7.65. The van der Waals surface area contributed by atoms with E-state index in [1.54, 1.807) is 0 Å². The molecule has 0 radical (unpaired) electrons. The Morgan fingerprint density at radius 3 is 1.88 bits per heavy atom. The van der Waals surface area contributed by atoms with Gasteiger partial charge in [0.15, 0.2) is 0 Å². The average Bonchev–Trinajstić information content (AvgIpc) is 2.31. The first-order valence-electron chi connectivity index (χ1n) is 4.86. The van der Waals surface area contributed by atoms with Gasteiger partial charge in [-0.25, -0.2) is 0 Å². The molecule has 0 heterocycles. The normalized spacial score (nSPS) is 11.9. The van der Waals surface area contributed by atoms with Gasteiger partial charge in [0.1, 0.15) is 6.61 Å². The molecule has 0 saturated carbocycles. The minimum absolute atomic E-state index is 0.0546. The summed E-state index contributed by atoms with van der Waals surface area (Å²) in [5.41, 5.74) is 0. The van der Waals surface area contributed by atoms with Crippen LogP contribution in [-0.4, -0.2) is 25.7 Å². The first-order valence-corrected chi connectivity index (χ1v) is 7.95. The van der Waals surface area contributed by atoms with Gasteiger partial charge in [-0.3, -0.25) is 4.57 Å². The Balaban J connectivity index is 4.39. The van der Waals surface area contributed by atoms with Crippen molar-refractivity contribution in [3.63, 3.8) is 0 Å². The van der Waals surface area contributed by atoms with E-state index in [-0.39, 0.29) is 25.7 Å². The highest BCUT2D eigenvalue weighted by atomic mass is 31.2. The lowest BCUT2D eigenvalue weighted by Gasteiger charge is -2.11. The van der Waals surface area contributed by atoms with Crippen LogP contribution in [0.2, 0.25) is 0 Å². The molecule has 0 saturated heterocycles. The van der Waals surface area contributed by atoms with E-state index < -0.39 is 15.6 Å². The summed E-state index contributed by atoms with van der Waals surface area (Å²) in [5, 5.41) is 0. The topological polar surface area (TPSA) is 61.8 Å². The summed E-state index contributed by atoms with van der Waals surface area (Å²) in [6, 6.07) is 0. The number of hydrogen-bond donors (Lipinski definition) is 0. The fourth-order valence-electron chi connectivity index (χ4n) is 0.770. The molecule has 0 aliphatic rings. The molecule has 0 aromatic heterocycles. The van der Waals surface area contributed by atoms with Crippen molar-refractivity contribution in [1.29, 1.82) is 0 Å². The van der Waals surface area contributed by atoms with Crippen molar-refractivity contribution in [3.05, 3.63) is 38.0 Å². The summed E-state index contributed by atoms with van der Waals surface area (Å²) in [6.07, 6.45) is 4.32. The first-order chi connectivity index (χ1) is 8.08. The van der Waals surface area contributed by atoms with Gasteiger partial charge < -0.3 is 9.05 Å². The van der Waals surface area contributed by atoms with Crippen LogP contribution in [0.4, 0.5) is 0 Å². The maximum Gasteiger partial charge on any atom is 0.521 e. The van der Waals surface area contributed by atoms with Crippen molar-refractivity contribution in [3.8, 4) is 0 Å². The second-order valence-electron chi connectivity index (χ2n) is 2.84. The molecule has 1 atom stereocenters. The molecule has 5 nitrogen and oxygen atoms in total. The monoisotopic (exact) mass is 279 g/mol. The molecule has 0 aromatic carbocycles. The lowest BCUT2D eigenvalue weighted by molar-refractivity contribution is 0.239. The molecular weight excluding hydrogens is 262 g/mol. The predicted octanol–water partition coefficient (Wildman–Crippen LogP) is 3.49. The molecule has 0 rings (SSSR count). The van der Waals surface area contributed by atoms with Gasteiger partial charge in [-0.1, -0.05) is 18.2 Å². The zero-order valence-corrected chi connectivity index (χ0v) is 11.4. The lowest BCUT2D eigenvalue weighted by Crippen LogP contribution is -1.99. The molecule has 0 N–H and O–H groups in total. The summed E-state index contributed by atoms with van der Waals surface area (Å²) in [7, 11) is -5.54. The first kappa shape index (κ1) is 16.4. The van der Waals surface area contributed by atoms with Gasteiger partial charge in [-0.15, -0.1) is 24.3 Å². The van der Waals surface area contributed by atoms with Gasteiger partial charge in [-0.2, -0.15) is 0 Å². The van der Waals surface area contributed by atoms with E-state index in [2.05, 4.69) is 19.7 Å². The van der Waals surface area contributed by atoms with E-state index >= 15 is 0 Å². The van der Waals surface area contributed by atoms with Gasteiger partial charge in [0, 0.05) is 0 Å². The molecule has 0 spiro atoms. The summed E-state index contributed by atoms with van der Waals surface area (Å²) < 4.78 is 38.4. The van der Waals surface area contributed by atoms with Crippen LogP contribution in [0.25, 0.3) is 0 Å². The molecule has 0 aliphatic carbocycles. The Kier molecular flexibility index (Phi) is 9.14. The minimum Gasteiger partial charge on any atom is -0.301 e. The molecular formula is C10H17O5P2+. The number of hydrogen-bond acceptors (Lipinski definition) is 5. The summed E-state index contributed by atoms with van der Waals surface area (Å²) in [5.74, 6) is -0.294. The molecule has 0 aromatic rings. The quantitative estimate of drug-likeness (QED) is 0.428. The standard InChI is InChI=1S/C10H17O5P2/c1-4-7-13-16(11)10-17(12,14-8-5-2)15-9-6-3/h4-6H,1-3,7-10H2/q+1. The molecule has 1 unspecified atom stereocenters. The fraction of sp³-hybridized carbons (Fsp3) is 0.400. The third-order valence-corrected chi connectivity index (χ3v) is 5.23. The fourth-order valence-corrected chi connectivity index (χ4v) is 3.89. The minimum atomic E-state index is -3.43. The van der Waals surface area contributed by atoms with Crippen LogP contribution in [0.5, 0.6) is 0 Å². The van der Waals surface area contributed by atoms with Crippen molar-refractivity contribution in [1.82, 2.24) is 0 Å². The van der Waals surface area contributed by atoms with Crippen LogP contribution < -0.4 is 0 Å². The van der Waals surface area contributed by atoms with Crippen LogP contribution in [0, 0.1) is 0 Å². The van der Waals surface area contributed by atoms with Gasteiger partial charge in [0.05, 0.1) is 13.2 Å². The van der Waals surface area contributed by atoms with Crippen LogP contribution in [0.1, 0.15) is 0 Å². The second-order valence-corrected chi connectivity index (χ2v) is 6.63. The van der Waals surface area contributed by atoms with Crippen LogP contribution in [-0.2, 0) is 22.7 Å². The van der Waals surface area contributed by atoms with Gasteiger partial charge in [-0.05, 0) is 4.57 Å². The molecule has 96 valence electrons. The highest BCUT2D eigenvalue weighted by Crippen LogP contribution is 2.54. The largest absolute Gasteiger partial charge is 0.521 e. The van der Waals surface area contributed by atoms with E-state index in [0.717, 1.165) is 0 Å². The highest BCUT2D eigenvalue weighted by Gasteiger charge is 2.37. The molecule has 0 bridgehead atoms. The Labute approximate surface area is 103 Å². The van der Waals surface area contributed by atoms with Gasteiger partial charge >= 0.3 is 15.6 Å². The molecule has 7 heteroatoms. The number of rotatable bonds is 11. The molecule has 17 heavy (non-hydrogen) atoms. The maximum atomic E-state index is 12.1. The maximum absolute atomic E-state index is 12.1. The van der Waals surface area contributed by atoms with Crippen molar-refractivity contribution in [2.24, 2.45) is 0 Å². The smallest absolute Gasteiger partial charge is 0.301 e. The SMILES string of the molecule is C=CCO[P+](=O)CP(=O)(OCC=C)OCC=C. The van der Waals surface area contributed by atoms with Crippen molar-refractivity contribution >= 4 is 15.6 Å². The van der Waals surface area contributed by atoms with E-state index in [9.17, 15) is 9.13 Å². The third-order valence-electron chi connectivity index (χ3n) is 1.40. The van der Waals surface area contributed by atoms with Crippen LogP contribution in [0.3, 0.4) is 0 Å². The van der Waals surface area contributed by atoms with Crippen LogP contribution >= 0.6 is 15.6 Å². The van der Waals surface area contributed by atoms with Gasteiger partial charge in [0.25, 0.3) is 5.90 Å². The summed E-state index contributed by atoms with van der Waals surface area (Å²) >= 11 is 0. The zero-order chi connectivity index (χ0) is 13.1. The van der Waals surface area contributed by atoms with E-state index in [1.165, 1.54) is 18.2 Å². The lowest BCUT2D eigenvalue weighted by atomic mass is 10.7. The van der Waals surface area contributed by atoms with E-state index in [1.807, 2.05) is 0 Å². The van der Waals surface area contributed by atoms with Gasteiger partial charge in [0.2, 0.25) is 0 Å². The Morgan fingerprint density at radius 2 is 1.47 bits per heavy atom. The molecule has 0 aliphatic heterocycles. The summed E-state index contributed by atoms with van der Waals surface area (Å²) in [6.45, 7) is 10.5. The van der Waals surface area contributed by atoms with Crippen molar-refractivity contribution in [2.75, 3.05) is 25.7 Å². The molecule has 0 fully saturated rings. The average molecular weight is 279 g/mol. The van der Waals surface area contributed by atoms with Crippen LogP contribution in [0.15, 0.2) is 38.0 Å². The second kappa shape index (κ2) is 9.46. The summed E-state index contributed by atoms with van der Waals surface area (Å²) in [4.78, 5) is 0. The zero-order valence-electron chi connectivity index (χ0n) is 9.62. The van der Waals surface area contributed by atoms with Crippen molar-refractivity contribution < 1.29 is 22.7 Å². The Bertz CT molecular complexity index is 311. The predicted molar refractivity (Wildman–Crippen MR) is 68.5 cm³/mol. The van der Waals surface area contributed by atoms with E-state index in [4.69, 9.17) is 13.6 Å². The van der Waals surface area contributed by atoms with E-state index in [0.29, 0.717) is 0 Å². The Morgan fingerprint density at radius 1 is 1.00 bits per heavy atom. The third kappa shape index (κ3) is 8.19. The Hall–Kier alpha value is -0.570. The van der Waals surface area contributed by atoms with Crippen molar-refractivity contribution in [2.45, 2.75) is 0 Å².